The van der Waals surface area contributed by atoms with Gasteiger partial charge in [0.1, 0.15) is 0 Å². The molecule has 0 aromatic rings. The largest absolute Gasteiger partial charge is 0.330 e. The normalized spacial score (nSPS) is 22.8. The molecule has 0 aromatic carbocycles. The monoisotopic (exact) mass is 271 g/mol. The molecule has 5 nitrogen and oxygen atoms in total. The van der Waals surface area contributed by atoms with Crippen LogP contribution in [0, 0.1) is 5.92 Å². The third kappa shape index (κ3) is 6.65. The van der Waals surface area contributed by atoms with E-state index >= 15 is 0 Å². The number of rotatable bonds is 5. The van der Waals surface area contributed by atoms with Gasteiger partial charge in [0.15, 0.2) is 0 Å². The van der Waals surface area contributed by atoms with Crippen molar-refractivity contribution >= 4 is 22.4 Å². The van der Waals surface area contributed by atoms with Crippen molar-refractivity contribution in [3.05, 3.63) is 0 Å². The molecule has 0 aliphatic carbocycles. The van der Waals surface area contributed by atoms with Crippen LogP contribution >= 0.6 is 12.4 Å². The molecule has 1 rings (SSSR count). The molecule has 1 aliphatic heterocycles. The number of likely N-dealkylation sites (tertiary alicyclic amines) is 1. The van der Waals surface area contributed by atoms with Gasteiger partial charge in [-0.15, -0.1) is 12.4 Å². The van der Waals surface area contributed by atoms with Crippen LogP contribution in [0.4, 0.5) is 0 Å². The summed E-state index contributed by atoms with van der Waals surface area (Å²) in [5.41, 5.74) is 5.63. The number of nitrogens with one attached hydrogen (secondary N) is 1. The number of hydrogen-bond acceptors (Lipinski definition) is 4. The molecule has 1 aliphatic rings. The lowest BCUT2D eigenvalue weighted by Crippen LogP contribution is -2.42. The van der Waals surface area contributed by atoms with Crippen LogP contribution in [0.5, 0.6) is 0 Å². The Bertz CT molecular complexity index is 284. The van der Waals surface area contributed by atoms with E-state index in [0.717, 1.165) is 26.2 Å². The van der Waals surface area contributed by atoms with Gasteiger partial charge in [-0.3, -0.25) is 0 Å². The zero-order valence-corrected chi connectivity index (χ0v) is 11.3. The molecule has 16 heavy (non-hydrogen) atoms. The van der Waals surface area contributed by atoms with Crippen molar-refractivity contribution in [2.75, 3.05) is 39.0 Å². The molecule has 1 heterocycles. The fraction of sp³-hybridized carbons (Fsp3) is 1.00. The Balaban J connectivity index is 0.00000225. The summed E-state index contributed by atoms with van der Waals surface area (Å²) in [5.74, 6) is 0.581. The van der Waals surface area contributed by atoms with Gasteiger partial charge >= 0.3 is 0 Å². The second kappa shape index (κ2) is 7.45. The van der Waals surface area contributed by atoms with E-state index in [1.54, 1.807) is 0 Å². The third-order valence-corrected chi connectivity index (χ3v) is 3.46. The van der Waals surface area contributed by atoms with E-state index in [4.69, 9.17) is 5.73 Å². The van der Waals surface area contributed by atoms with E-state index in [9.17, 15) is 8.42 Å². The predicted molar refractivity (Wildman–Crippen MR) is 68.3 cm³/mol. The van der Waals surface area contributed by atoms with Crippen molar-refractivity contribution in [2.24, 2.45) is 11.7 Å². The molecule has 0 saturated carbocycles. The summed E-state index contributed by atoms with van der Waals surface area (Å²) in [6.45, 7) is 4.07. The highest BCUT2D eigenvalue weighted by atomic mass is 35.5. The molecule has 1 saturated heterocycles. The van der Waals surface area contributed by atoms with Crippen molar-refractivity contribution in [1.29, 1.82) is 0 Å². The van der Waals surface area contributed by atoms with Gasteiger partial charge in [0.2, 0.25) is 10.0 Å². The average molecular weight is 272 g/mol. The highest BCUT2D eigenvalue weighted by molar-refractivity contribution is 7.88. The van der Waals surface area contributed by atoms with Crippen LogP contribution in [0.25, 0.3) is 0 Å². The summed E-state index contributed by atoms with van der Waals surface area (Å²) in [5, 5.41) is 0. The Labute approximate surface area is 104 Å². The highest BCUT2D eigenvalue weighted by Crippen LogP contribution is 2.14. The van der Waals surface area contributed by atoms with Crippen LogP contribution in [0.2, 0.25) is 0 Å². The SMILES string of the molecule is CS(=O)(=O)NCCN1CCCC(CN)C1.Cl. The van der Waals surface area contributed by atoms with Gasteiger partial charge in [0, 0.05) is 19.6 Å². The zero-order valence-electron chi connectivity index (χ0n) is 9.68. The molecule has 0 radical (unpaired) electrons. The Morgan fingerprint density at radius 2 is 2.19 bits per heavy atom. The Morgan fingerprint density at radius 3 is 2.75 bits per heavy atom. The van der Waals surface area contributed by atoms with E-state index in [-0.39, 0.29) is 12.4 Å². The van der Waals surface area contributed by atoms with Crippen LogP contribution < -0.4 is 10.5 Å². The fourth-order valence-electron chi connectivity index (χ4n) is 1.94. The maximum Gasteiger partial charge on any atom is 0.208 e. The van der Waals surface area contributed by atoms with Gasteiger partial charge < -0.3 is 10.6 Å². The van der Waals surface area contributed by atoms with Gasteiger partial charge in [-0.25, -0.2) is 13.1 Å². The van der Waals surface area contributed by atoms with Crippen molar-refractivity contribution in [3.63, 3.8) is 0 Å². The molecule has 98 valence electrons. The van der Waals surface area contributed by atoms with Crippen LogP contribution in [-0.4, -0.2) is 52.3 Å². The quantitative estimate of drug-likeness (QED) is 0.715. The smallest absolute Gasteiger partial charge is 0.208 e. The zero-order chi connectivity index (χ0) is 11.3. The van der Waals surface area contributed by atoms with Gasteiger partial charge in [-0.1, -0.05) is 0 Å². The van der Waals surface area contributed by atoms with Crippen molar-refractivity contribution in [3.8, 4) is 0 Å². The number of halogens is 1. The summed E-state index contributed by atoms with van der Waals surface area (Å²) in [6.07, 6.45) is 3.55. The second-order valence-corrected chi connectivity index (χ2v) is 6.04. The maximum absolute atomic E-state index is 10.8. The van der Waals surface area contributed by atoms with Crippen molar-refractivity contribution < 1.29 is 8.42 Å². The van der Waals surface area contributed by atoms with Crippen molar-refractivity contribution in [1.82, 2.24) is 9.62 Å². The fourth-order valence-corrected chi connectivity index (χ4v) is 2.40. The first-order chi connectivity index (χ1) is 7.01. The lowest BCUT2D eigenvalue weighted by atomic mass is 9.98. The van der Waals surface area contributed by atoms with E-state index in [1.807, 2.05) is 0 Å². The first-order valence-electron chi connectivity index (χ1n) is 5.38. The summed E-state index contributed by atoms with van der Waals surface area (Å²) in [7, 11) is -3.05. The molecule has 1 atom stereocenters. The molecular formula is C9H22ClN3O2S. The lowest BCUT2D eigenvalue weighted by Gasteiger charge is -2.31. The average Bonchev–Trinajstić information content (AvgIpc) is 2.16. The summed E-state index contributed by atoms with van der Waals surface area (Å²) < 4.78 is 24.2. The number of sulfonamides is 1. The third-order valence-electron chi connectivity index (χ3n) is 2.73. The molecule has 0 aromatic heterocycles. The van der Waals surface area contributed by atoms with E-state index < -0.39 is 10.0 Å². The Hall–Kier alpha value is 0.120. The molecule has 1 fully saturated rings. The number of piperidine rings is 1. The Kier molecular flexibility index (Phi) is 7.50. The van der Waals surface area contributed by atoms with Crippen LogP contribution in [-0.2, 0) is 10.0 Å². The van der Waals surface area contributed by atoms with Crippen molar-refractivity contribution in [2.45, 2.75) is 12.8 Å². The maximum atomic E-state index is 10.8. The first kappa shape index (κ1) is 16.1. The van der Waals surface area contributed by atoms with Gasteiger partial charge in [-0.2, -0.15) is 0 Å². The topological polar surface area (TPSA) is 75.4 Å². The molecule has 0 bridgehead atoms. The summed E-state index contributed by atoms with van der Waals surface area (Å²) in [4.78, 5) is 2.28. The standard InChI is InChI=1S/C9H21N3O2S.ClH/c1-15(13,14)11-4-6-12-5-2-3-9(7-10)8-12;/h9,11H,2-8,10H2,1H3;1H. The minimum Gasteiger partial charge on any atom is -0.330 e. The van der Waals surface area contributed by atoms with Gasteiger partial charge in [-0.05, 0) is 31.8 Å². The van der Waals surface area contributed by atoms with Gasteiger partial charge in [0.05, 0.1) is 6.26 Å². The number of nitrogens with two attached hydrogens (primary N) is 1. The van der Waals surface area contributed by atoms with E-state index in [1.165, 1.54) is 19.1 Å². The van der Waals surface area contributed by atoms with Gasteiger partial charge in [0.25, 0.3) is 0 Å². The summed E-state index contributed by atoms with van der Waals surface area (Å²) in [6, 6.07) is 0. The molecule has 3 N–H and O–H groups in total. The lowest BCUT2D eigenvalue weighted by molar-refractivity contribution is 0.181. The highest BCUT2D eigenvalue weighted by Gasteiger charge is 2.18. The first-order valence-corrected chi connectivity index (χ1v) is 7.27. The second-order valence-electron chi connectivity index (χ2n) is 4.21. The van der Waals surface area contributed by atoms with Crippen LogP contribution in [0.15, 0.2) is 0 Å². The van der Waals surface area contributed by atoms with E-state index in [0.29, 0.717) is 12.5 Å². The molecular weight excluding hydrogens is 250 g/mol. The molecule has 0 spiro atoms. The molecule has 1 unspecified atom stereocenters. The predicted octanol–water partition coefficient (Wildman–Crippen LogP) is -0.372. The number of hydrogen-bond donors (Lipinski definition) is 2. The van der Waals surface area contributed by atoms with Crippen LogP contribution in [0.1, 0.15) is 12.8 Å². The minimum absolute atomic E-state index is 0. The minimum atomic E-state index is -3.05. The summed E-state index contributed by atoms with van der Waals surface area (Å²) >= 11 is 0. The van der Waals surface area contributed by atoms with Crippen LogP contribution in [0.3, 0.4) is 0 Å². The molecule has 0 amide bonds. The Morgan fingerprint density at radius 1 is 1.50 bits per heavy atom. The number of nitrogens with zero attached hydrogens (tertiary/aromatic N) is 1. The molecule has 7 heteroatoms. The van der Waals surface area contributed by atoms with E-state index in [2.05, 4.69) is 9.62 Å².